The maximum atomic E-state index is 12.9. The van der Waals surface area contributed by atoms with Crippen molar-refractivity contribution in [3.05, 3.63) is 95.6 Å². The zero-order chi connectivity index (χ0) is 24.7. The van der Waals surface area contributed by atoms with Crippen LogP contribution in [0.1, 0.15) is 70.4 Å². The molecule has 5 rings (SSSR count). The molecule has 2 aliphatic rings. The van der Waals surface area contributed by atoms with Crippen LogP contribution in [-0.2, 0) is 13.1 Å². The Morgan fingerprint density at radius 3 is 1.36 bits per heavy atom. The van der Waals surface area contributed by atoms with Crippen molar-refractivity contribution in [1.82, 2.24) is 9.80 Å². The molecule has 4 heterocycles. The molecule has 0 spiro atoms. The second-order valence-electron chi connectivity index (χ2n) is 10.1. The van der Waals surface area contributed by atoms with E-state index in [4.69, 9.17) is 0 Å². The maximum Gasteiger partial charge on any atom is 0.259 e. The van der Waals surface area contributed by atoms with Gasteiger partial charge in [0.15, 0.2) is 37.9 Å². The monoisotopic (exact) mass is 484 g/mol. The number of hydrogen-bond donors (Lipinski definition) is 0. The van der Waals surface area contributed by atoms with Crippen molar-refractivity contribution < 1.29 is 18.7 Å². The van der Waals surface area contributed by atoms with Gasteiger partial charge in [0, 0.05) is 49.4 Å². The summed E-state index contributed by atoms with van der Waals surface area (Å²) in [5, 5.41) is 0. The average Bonchev–Trinajstić information content (AvgIpc) is 2.94. The molecular formula is C30H36N4O2+2. The molecule has 0 saturated carbocycles. The molecule has 1 aromatic carbocycles. The second kappa shape index (κ2) is 11.5. The third-order valence-electron chi connectivity index (χ3n) is 7.25. The topological polar surface area (TPSA) is 48.4 Å². The molecule has 0 atom stereocenters. The zero-order valence-electron chi connectivity index (χ0n) is 21.0. The Morgan fingerprint density at radius 1 is 0.583 bits per heavy atom. The minimum absolute atomic E-state index is 0.137. The molecule has 0 radical (unpaired) electrons. The van der Waals surface area contributed by atoms with E-state index in [2.05, 4.69) is 33.4 Å². The molecule has 2 amide bonds. The van der Waals surface area contributed by atoms with Gasteiger partial charge >= 0.3 is 0 Å². The van der Waals surface area contributed by atoms with Crippen molar-refractivity contribution >= 4 is 11.8 Å². The average molecular weight is 485 g/mol. The highest BCUT2D eigenvalue weighted by molar-refractivity contribution is 5.94. The first kappa shape index (κ1) is 24.2. The smallest absolute Gasteiger partial charge is 0.259 e. The number of likely N-dealkylation sites (tertiary alicyclic amines) is 2. The molecule has 0 N–H and O–H groups in total. The highest BCUT2D eigenvalue weighted by atomic mass is 16.2. The summed E-state index contributed by atoms with van der Waals surface area (Å²) >= 11 is 0. The molecule has 36 heavy (non-hydrogen) atoms. The van der Waals surface area contributed by atoms with Gasteiger partial charge in [-0.15, -0.1) is 0 Å². The molecule has 0 bridgehead atoms. The lowest BCUT2D eigenvalue weighted by Gasteiger charge is -2.26. The number of rotatable bonds is 6. The quantitative estimate of drug-likeness (QED) is 0.502. The van der Waals surface area contributed by atoms with E-state index >= 15 is 0 Å². The minimum atomic E-state index is 0.137. The van der Waals surface area contributed by atoms with E-state index in [0.29, 0.717) is 13.1 Å². The van der Waals surface area contributed by atoms with E-state index in [9.17, 15) is 9.59 Å². The van der Waals surface area contributed by atoms with E-state index in [1.165, 1.54) is 24.0 Å². The van der Waals surface area contributed by atoms with E-state index < -0.39 is 0 Å². The van der Waals surface area contributed by atoms with Crippen LogP contribution in [0, 0.1) is 0 Å². The number of amides is 2. The molecule has 2 saturated heterocycles. The van der Waals surface area contributed by atoms with Crippen molar-refractivity contribution in [1.29, 1.82) is 0 Å². The van der Waals surface area contributed by atoms with E-state index in [-0.39, 0.29) is 11.8 Å². The van der Waals surface area contributed by atoms with Gasteiger partial charge in [-0.1, -0.05) is 24.3 Å². The Hall–Kier alpha value is -3.54. The van der Waals surface area contributed by atoms with Gasteiger partial charge in [-0.25, -0.2) is 0 Å². The fourth-order valence-electron chi connectivity index (χ4n) is 5.22. The summed E-state index contributed by atoms with van der Waals surface area (Å²) in [7, 11) is 0. The third kappa shape index (κ3) is 5.99. The van der Waals surface area contributed by atoms with Crippen LogP contribution in [0.2, 0.25) is 0 Å². The number of piperidine rings is 2. The molecule has 186 valence electrons. The Bertz CT molecular complexity index is 1100. The van der Waals surface area contributed by atoms with Gasteiger partial charge in [0.1, 0.15) is 11.1 Å². The van der Waals surface area contributed by atoms with Gasteiger partial charge in [-0.05, 0) is 50.7 Å². The summed E-state index contributed by atoms with van der Waals surface area (Å²) in [6, 6.07) is 16.3. The highest BCUT2D eigenvalue weighted by Gasteiger charge is 2.21. The van der Waals surface area contributed by atoms with Crippen molar-refractivity contribution in [2.45, 2.75) is 51.6 Å². The zero-order valence-corrected chi connectivity index (χ0v) is 21.0. The first-order chi connectivity index (χ1) is 17.7. The first-order valence-electron chi connectivity index (χ1n) is 13.3. The van der Waals surface area contributed by atoms with Gasteiger partial charge in [-0.2, -0.15) is 9.13 Å². The lowest BCUT2D eigenvalue weighted by atomic mass is 10.1. The first-order valence-corrected chi connectivity index (χ1v) is 13.3. The number of pyridine rings is 2. The molecular weight excluding hydrogens is 448 g/mol. The van der Waals surface area contributed by atoms with Gasteiger partial charge in [-0.3, -0.25) is 9.59 Å². The summed E-state index contributed by atoms with van der Waals surface area (Å²) in [5.41, 5.74) is 3.88. The summed E-state index contributed by atoms with van der Waals surface area (Å²) < 4.78 is 4.16. The van der Waals surface area contributed by atoms with E-state index in [1.807, 2.05) is 58.9 Å². The summed E-state index contributed by atoms with van der Waals surface area (Å²) in [6.45, 7) is 4.89. The molecule has 2 aliphatic heterocycles. The van der Waals surface area contributed by atoms with Crippen LogP contribution in [0.4, 0.5) is 0 Å². The number of carbonyl (C=O) groups is 2. The SMILES string of the molecule is O=C(c1ccc[n+](Cc2ccc(C[n+]3cccc(C(=O)N4CCCCC4)c3)cc2)c1)N1CCCCC1. The molecule has 6 heteroatoms. The fraction of sp³-hybridized carbons (Fsp3) is 0.400. The fourth-order valence-corrected chi connectivity index (χ4v) is 5.22. The van der Waals surface area contributed by atoms with Gasteiger partial charge in [0.25, 0.3) is 11.8 Å². The summed E-state index contributed by atoms with van der Waals surface area (Å²) in [4.78, 5) is 29.7. The van der Waals surface area contributed by atoms with Gasteiger partial charge < -0.3 is 9.80 Å². The minimum Gasteiger partial charge on any atom is -0.338 e. The predicted molar refractivity (Wildman–Crippen MR) is 137 cm³/mol. The third-order valence-corrected chi connectivity index (χ3v) is 7.25. The van der Waals surface area contributed by atoms with E-state index in [0.717, 1.165) is 63.0 Å². The number of benzene rings is 1. The second-order valence-corrected chi connectivity index (χ2v) is 10.1. The standard InChI is InChI=1S/C30H36N4O2/c35-29(33-17-3-1-4-18-33)27-9-7-15-31(23-27)21-25-11-13-26(14-12-25)22-32-16-8-10-28(24-32)30(36)34-19-5-2-6-20-34/h7-16,23-24H,1-6,17-22H2/q+2. The molecule has 0 unspecified atom stereocenters. The maximum absolute atomic E-state index is 12.9. The largest absolute Gasteiger partial charge is 0.338 e. The highest BCUT2D eigenvalue weighted by Crippen LogP contribution is 2.14. The lowest BCUT2D eigenvalue weighted by molar-refractivity contribution is -0.689. The molecule has 6 nitrogen and oxygen atoms in total. The number of aromatic nitrogens is 2. The van der Waals surface area contributed by atoms with Crippen LogP contribution in [0.3, 0.4) is 0 Å². The lowest BCUT2D eigenvalue weighted by Crippen LogP contribution is -2.39. The molecule has 0 aliphatic carbocycles. The Labute approximate surface area is 213 Å². The van der Waals surface area contributed by atoms with Crippen LogP contribution in [0.25, 0.3) is 0 Å². The summed E-state index contributed by atoms with van der Waals surface area (Å²) in [5.74, 6) is 0.273. The van der Waals surface area contributed by atoms with Gasteiger partial charge in [0.2, 0.25) is 0 Å². The van der Waals surface area contributed by atoms with Crippen molar-refractivity contribution in [2.24, 2.45) is 0 Å². The molecule has 2 aromatic heterocycles. The van der Waals surface area contributed by atoms with Crippen LogP contribution in [0.15, 0.2) is 73.3 Å². The summed E-state index contributed by atoms with van der Waals surface area (Å²) in [6.07, 6.45) is 14.8. The van der Waals surface area contributed by atoms with Crippen molar-refractivity contribution in [2.75, 3.05) is 26.2 Å². The molecule has 2 fully saturated rings. The van der Waals surface area contributed by atoms with E-state index in [1.54, 1.807) is 0 Å². The van der Waals surface area contributed by atoms with Crippen LogP contribution in [0.5, 0.6) is 0 Å². The van der Waals surface area contributed by atoms with Gasteiger partial charge in [0.05, 0.1) is 0 Å². The number of carbonyl (C=O) groups excluding carboxylic acids is 2. The van der Waals surface area contributed by atoms with Crippen molar-refractivity contribution in [3.63, 3.8) is 0 Å². The van der Waals surface area contributed by atoms with Crippen molar-refractivity contribution in [3.8, 4) is 0 Å². The Kier molecular flexibility index (Phi) is 7.70. The van der Waals surface area contributed by atoms with Crippen LogP contribution < -0.4 is 9.13 Å². The normalized spacial score (nSPS) is 16.1. The Morgan fingerprint density at radius 2 is 0.972 bits per heavy atom. The van der Waals surface area contributed by atoms with Crippen LogP contribution >= 0.6 is 0 Å². The number of nitrogens with zero attached hydrogens (tertiary/aromatic N) is 4. The predicted octanol–water partition coefficient (Wildman–Crippen LogP) is 3.61. The Balaban J connectivity index is 1.21. The van der Waals surface area contributed by atoms with Crippen LogP contribution in [-0.4, -0.2) is 47.8 Å². The number of hydrogen-bond acceptors (Lipinski definition) is 2. The molecule has 3 aromatic rings.